The van der Waals surface area contributed by atoms with Crippen LogP contribution in [0.15, 0.2) is 48.8 Å². The Labute approximate surface area is 166 Å². The predicted octanol–water partition coefficient (Wildman–Crippen LogP) is 1.47. The van der Waals surface area contributed by atoms with E-state index in [1.165, 1.54) is 0 Å². The molecule has 0 spiro atoms. The fourth-order valence-corrected chi connectivity index (χ4v) is 4.92. The summed E-state index contributed by atoms with van der Waals surface area (Å²) >= 11 is 1.60. The Kier molecular flexibility index (Phi) is 5.29. The number of thioether (sulfide) groups is 1. The SMILES string of the molecule is O=C(CCNC(=O)[C@H]1CS[C@H]2c3ccccc3C(=O)N12)NCc1cccnc1. The molecule has 8 heteroatoms. The molecule has 1 fully saturated rings. The molecule has 2 atom stereocenters. The molecule has 28 heavy (non-hydrogen) atoms. The highest BCUT2D eigenvalue weighted by molar-refractivity contribution is 7.99. The fraction of sp³-hybridized carbons (Fsp3) is 0.300. The minimum absolute atomic E-state index is 0.0952. The first-order chi connectivity index (χ1) is 13.6. The van der Waals surface area contributed by atoms with Crippen molar-refractivity contribution in [1.82, 2.24) is 20.5 Å². The van der Waals surface area contributed by atoms with E-state index in [4.69, 9.17) is 0 Å². The van der Waals surface area contributed by atoms with Gasteiger partial charge in [-0.15, -0.1) is 11.8 Å². The summed E-state index contributed by atoms with van der Waals surface area (Å²) in [5.74, 6) is 0.104. The third-order valence-corrected chi connectivity index (χ3v) is 6.16. The van der Waals surface area contributed by atoms with Gasteiger partial charge in [-0.1, -0.05) is 24.3 Å². The van der Waals surface area contributed by atoms with Gasteiger partial charge in [0.25, 0.3) is 5.91 Å². The van der Waals surface area contributed by atoms with Gasteiger partial charge in [-0.2, -0.15) is 0 Å². The van der Waals surface area contributed by atoms with E-state index in [0.717, 1.165) is 11.1 Å². The molecule has 2 aliphatic heterocycles. The Morgan fingerprint density at radius 2 is 2.04 bits per heavy atom. The summed E-state index contributed by atoms with van der Waals surface area (Å²) in [5.41, 5.74) is 2.57. The lowest BCUT2D eigenvalue weighted by Gasteiger charge is -2.22. The van der Waals surface area contributed by atoms with Crippen LogP contribution < -0.4 is 10.6 Å². The van der Waals surface area contributed by atoms with E-state index in [2.05, 4.69) is 15.6 Å². The van der Waals surface area contributed by atoms with E-state index < -0.39 is 6.04 Å². The van der Waals surface area contributed by atoms with Crippen LogP contribution in [-0.2, 0) is 16.1 Å². The fourth-order valence-electron chi connectivity index (χ4n) is 3.45. The van der Waals surface area contributed by atoms with Crippen LogP contribution in [0, 0.1) is 0 Å². The standard InChI is InChI=1S/C20H20N4O3S/c25-17(23-11-13-4-3-8-21-10-13)7-9-22-18(26)16-12-28-20-15-6-2-1-5-14(15)19(27)24(16)20/h1-6,8,10,16,20H,7,9,11-12H2,(H,22,26)(H,23,25)/t16-,20+/m1/s1. The number of nitrogens with zero attached hydrogens (tertiary/aromatic N) is 2. The van der Waals surface area contributed by atoms with Crippen molar-refractivity contribution in [2.75, 3.05) is 12.3 Å². The number of carbonyl (C=O) groups excluding carboxylic acids is 3. The molecule has 0 aliphatic carbocycles. The maximum Gasteiger partial charge on any atom is 0.256 e. The van der Waals surface area contributed by atoms with Gasteiger partial charge < -0.3 is 15.5 Å². The Bertz CT molecular complexity index is 905. The number of amides is 3. The van der Waals surface area contributed by atoms with Gasteiger partial charge >= 0.3 is 0 Å². The molecule has 3 amide bonds. The first-order valence-electron chi connectivity index (χ1n) is 9.11. The second-order valence-electron chi connectivity index (χ2n) is 6.68. The largest absolute Gasteiger partial charge is 0.354 e. The lowest BCUT2D eigenvalue weighted by atomic mass is 10.1. The Morgan fingerprint density at radius 3 is 2.86 bits per heavy atom. The van der Waals surface area contributed by atoms with Gasteiger partial charge in [0.1, 0.15) is 11.4 Å². The number of pyridine rings is 1. The molecule has 144 valence electrons. The molecule has 4 rings (SSSR count). The Balaban J connectivity index is 1.26. The van der Waals surface area contributed by atoms with E-state index in [1.54, 1.807) is 35.1 Å². The summed E-state index contributed by atoms with van der Waals surface area (Å²) in [6.45, 7) is 0.640. The number of hydrogen-bond donors (Lipinski definition) is 2. The maximum atomic E-state index is 12.7. The number of aromatic nitrogens is 1. The van der Waals surface area contributed by atoms with Gasteiger partial charge in [0, 0.05) is 43.2 Å². The summed E-state index contributed by atoms with van der Waals surface area (Å²) in [6, 6.07) is 10.7. The first kappa shape index (κ1) is 18.5. The molecule has 0 bridgehead atoms. The summed E-state index contributed by atoms with van der Waals surface area (Å²) in [6.07, 6.45) is 3.56. The quantitative estimate of drug-likeness (QED) is 0.772. The van der Waals surface area contributed by atoms with Crippen molar-refractivity contribution in [3.05, 3.63) is 65.5 Å². The van der Waals surface area contributed by atoms with Crippen LogP contribution in [0.5, 0.6) is 0 Å². The molecule has 1 saturated heterocycles. The zero-order valence-electron chi connectivity index (χ0n) is 15.1. The van der Waals surface area contributed by atoms with Crippen LogP contribution in [0.25, 0.3) is 0 Å². The normalized spacial score (nSPS) is 19.9. The second kappa shape index (κ2) is 8.02. The average Bonchev–Trinajstić information content (AvgIpc) is 3.28. The van der Waals surface area contributed by atoms with Crippen LogP contribution in [0.4, 0.5) is 0 Å². The number of rotatable bonds is 6. The Morgan fingerprint density at radius 1 is 1.18 bits per heavy atom. The van der Waals surface area contributed by atoms with Gasteiger partial charge in [0.2, 0.25) is 11.8 Å². The maximum absolute atomic E-state index is 12.7. The lowest BCUT2D eigenvalue weighted by molar-refractivity contribution is -0.125. The third-order valence-electron chi connectivity index (χ3n) is 4.86. The van der Waals surface area contributed by atoms with Crippen LogP contribution in [0.2, 0.25) is 0 Å². The topological polar surface area (TPSA) is 91.4 Å². The van der Waals surface area contributed by atoms with Crippen LogP contribution in [-0.4, -0.2) is 45.9 Å². The van der Waals surface area contributed by atoms with Crippen molar-refractivity contribution in [3.8, 4) is 0 Å². The number of hydrogen-bond acceptors (Lipinski definition) is 5. The highest BCUT2D eigenvalue weighted by Gasteiger charge is 2.48. The molecule has 1 aromatic heterocycles. The average molecular weight is 396 g/mol. The predicted molar refractivity (Wildman–Crippen MR) is 105 cm³/mol. The van der Waals surface area contributed by atoms with E-state index in [-0.39, 0.29) is 36.1 Å². The minimum atomic E-state index is -0.506. The minimum Gasteiger partial charge on any atom is -0.354 e. The number of fused-ring (bicyclic) bond motifs is 3. The van der Waals surface area contributed by atoms with E-state index in [0.29, 0.717) is 17.9 Å². The molecule has 1 aromatic carbocycles. The molecule has 7 nitrogen and oxygen atoms in total. The highest BCUT2D eigenvalue weighted by atomic mass is 32.2. The van der Waals surface area contributed by atoms with E-state index >= 15 is 0 Å². The molecular formula is C20H20N4O3S. The molecule has 2 aliphatic rings. The summed E-state index contributed by atoms with van der Waals surface area (Å²) in [5, 5.41) is 5.50. The van der Waals surface area contributed by atoms with Crippen molar-refractivity contribution in [1.29, 1.82) is 0 Å². The first-order valence-corrected chi connectivity index (χ1v) is 10.2. The molecule has 2 aromatic rings. The van der Waals surface area contributed by atoms with Crippen LogP contribution in [0.3, 0.4) is 0 Å². The number of carbonyl (C=O) groups is 3. The lowest BCUT2D eigenvalue weighted by Crippen LogP contribution is -2.46. The number of benzene rings is 1. The zero-order valence-corrected chi connectivity index (χ0v) is 15.9. The van der Waals surface area contributed by atoms with Gasteiger partial charge in [0.15, 0.2) is 0 Å². The van der Waals surface area contributed by atoms with E-state index in [1.807, 2.05) is 30.3 Å². The molecule has 0 unspecified atom stereocenters. The monoisotopic (exact) mass is 396 g/mol. The summed E-state index contributed by atoms with van der Waals surface area (Å²) < 4.78 is 0. The van der Waals surface area contributed by atoms with Gasteiger partial charge in [-0.3, -0.25) is 19.4 Å². The molecule has 0 saturated carbocycles. The highest BCUT2D eigenvalue weighted by Crippen LogP contribution is 2.47. The van der Waals surface area contributed by atoms with Crippen LogP contribution in [0.1, 0.15) is 33.3 Å². The van der Waals surface area contributed by atoms with E-state index in [9.17, 15) is 14.4 Å². The van der Waals surface area contributed by atoms with Crippen LogP contribution >= 0.6 is 11.8 Å². The van der Waals surface area contributed by atoms with Gasteiger partial charge in [0.05, 0.1) is 0 Å². The molecule has 2 N–H and O–H groups in total. The molecule has 0 radical (unpaired) electrons. The Hall–Kier alpha value is -2.87. The molecular weight excluding hydrogens is 376 g/mol. The van der Waals surface area contributed by atoms with Crippen molar-refractivity contribution in [3.63, 3.8) is 0 Å². The van der Waals surface area contributed by atoms with Crippen molar-refractivity contribution in [2.24, 2.45) is 0 Å². The van der Waals surface area contributed by atoms with Crippen molar-refractivity contribution in [2.45, 2.75) is 24.4 Å². The molecule has 3 heterocycles. The smallest absolute Gasteiger partial charge is 0.256 e. The van der Waals surface area contributed by atoms with Gasteiger partial charge in [-0.25, -0.2) is 0 Å². The summed E-state index contributed by atoms with van der Waals surface area (Å²) in [4.78, 5) is 42.9. The van der Waals surface area contributed by atoms with Gasteiger partial charge in [-0.05, 0) is 23.3 Å². The van der Waals surface area contributed by atoms with Crippen molar-refractivity contribution >= 4 is 29.5 Å². The third kappa shape index (κ3) is 3.60. The second-order valence-corrected chi connectivity index (χ2v) is 7.79. The zero-order chi connectivity index (χ0) is 19.5. The summed E-state index contributed by atoms with van der Waals surface area (Å²) in [7, 11) is 0. The van der Waals surface area contributed by atoms with Crippen molar-refractivity contribution < 1.29 is 14.4 Å². The number of nitrogens with one attached hydrogen (secondary N) is 2.